The predicted molar refractivity (Wildman–Crippen MR) is 117 cm³/mol. The molecule has 2 rings (SSSR count). The lowest BCUT2D eigenvalue weighted by Crippen LogP contribution is -2.43. The van der Waals surface area contributed by atoms with Crippen LogP contribution >= 0.6 is 0 Å². The highest BCUT2D eigenvalue weighted by Crippen LogP contribution is 2.15. The van der Waals surface area contributed by atoms with Gasteiger partial charge in [-0.3, -0.25) is 4.99 Å². The molecule has 0 aliphatic heterocycles. The lowest BCUT2D eigenvalue weighted by atomic mass is 10.2. The molecule has 0 unspecified atom stereocenters. The number of hydrogen-bond acceptors (Lipinski definition) is 4. The van der Waals surface area contributed by atoms with Crippen LogP contribution in [-0.4, -0.2) is 65.8 Å². The maximum atomic E-state index is 12.0. The van der Waals surface area contributed by atoms with Gasteiger partial charge in [-0.1, -0.05) is 12.1 Å². The Bertz CT molecular complexity index is 837. The third-order valence-electron chi connectivity index (χ3n) is 4.36. The summed E-state index contributed by atoms with van der Waals surface area (Å²) in [5.74, 6) is 1.74. The predicted octanol–water partition coefficient (Wildman–Crippen LogP) is 2.77. The van der Waals surface area contributed by atoms with Gasteiger partial charge in [-0.05, 0) is 46.2 Å². The monoisotopic (exact) mass is 402 g/mol. The number of fused-ring (bicyclic) bond motifs is 1. The van der Waals surface area contributed by atoms with Crippen molar-refractivity contribution in [1.82, 2.24) is 25.1 Å². The fourth-order valence-electron chi connectivity index (χ4n) is 2.92. The lowest BCUT2D eigenvalue weighted by Gasteiger charge is -2.24. The Kier molecular flexibility index (Phi) is 7.87. The van der Waals surface area contributed by atoms with Crippen molar-refractivity contribution < 1.29 is 9.53 Å². The number of imidazole rings is 1. The van der Waals surface area contributed by atoms with Gasteiger partial charge < -0.3 is 24.8 Å². The summed E-state index contributed by atoms with van der Waals surface area (Å²) in [6.45, 7) is 10.4. The zero-order valence-electron chi connectivity index (χ0n) is 18.5. The summed E-state index contributed by atoms with van der Waals surface area (Å²) in [7, 11) is 3.46. The maximum Gasteiger partial charge on any atom is 0.410 e. The van der Waals surface area contributed by atoms with Gasteiger partial charge in [-0.2, -0.15) is 0 Å². The van der Waals surface area contributed by atoms with Crippen LogP contribution in [0.15, 0.2) is 29.3 Å². The van der Waals surface area contributed by atoms with E-state index in [4.69, 9.17) is 4.74 Å². The maximum absolute atomic E-state index is 12.0. The Morgan fingerprint density at radius 2 is 1.93 bits per heavy atom. The van der Waals surface area contributed by atoms with Crippen molar-refractivity contribution in [2.75, 3.05) is 33.7 Å². The van der Waals surface area contributed by atoms with Gasteiger partial charge in [0.05, 0.1) is 11.0 Å². The van der Waals surface area contributed by atoms with Crippen molar-refractivity contribution in [3.63, 3.8) is 0 Å². The highest BCUT2D eigenvalue weighted by atomic mass is 16.6. The molecule has 0 bridgehead atoms. The molecule has 29 heavy (non-hydrogen) atoms. The molecule has 1 aromatic heterocycles. The van der Waals surface area contributed by atoms with Crippen molar-refractivity contribution in [1.29, 1.82) is 0 Å². The Hall–Kier alpha value is -2.77. The summed E-state index contributed by atoms with van der Waals surface area (Å²) >= 11 is 0. The Morgan fingerprint density at radius 1 is 1.24 bits per heavy atom. The van der Waals surface area contributed by atoms with Gasteiger partial charge in [0.1, 0.15) is 11.4 Å². The molecule has 8 heteroatoms. The fourth-order valence-corrected chi connectivity index (χ4v) is 2.92. The van der Waals surface area contributed by atoms with Crippen LogP contribution in [0, 0.1) is 6.92 Å². The van der Waals surface area contributed by atoms with Gasteiger partial charge in [0.25, 0.3) is 0 Å². The average molecular weight is 403 g/mol. The van der Waals surface area contributed by atoms with Gasteiger partial charge in [-0.25, -0.2) is 9.78 Å². The first-order chi connectivity index (χ1) is 13.7. The van der Waals surface area contributed by atoms with Crippen LogP contribution in [0.5, 0.6) is 0 Å². The second-order valence-electron chi connectivity index (χ2n) is 7.98. The van der Waals surface area contributed by atoms with Crippen LogP contribution in [0.2, 0.25) is 0 Å². The zero-order valence-corrected chi connectivity index (χ0v) is 18.5. The number of likely N-dealkylation sites (N-methyl/N-ethyl adjacent to an activating group) is 1. The van der Waals surface area contributed by atoms with Gasteiger partial charge in [0.15, 0.2) is 5.96 Å². The SMILES string of the molecule is CN=C(NCCCn1c(C)nc2ccccc21)NCCN(C)C(=O)OC(C)(C)C. The second-order valence-corrected chi connectivity index (χ2v) is 7.98. The lowest BCUT2D eigenvalue weighted by molar-refractivity contribution is 0.0302. The number of aliphatic imine (C=N–C) groups is 1. The van der Waals surface area contributed by atoms with E-state index in [1.54, 1.807) is 19.0 Å². The number of nitrogens with zero attached hydrogens (tertiary/aromatic N) is 4. The molecule has 2 aromatic rings. The Labute approximate surface area is 173 Å². The number of para-hydroxylation sites is 2. The highest BCUT2D eigenvalue weighted by molar-refractivity contribution is 5.79. The number of hydrogen-bond donors (Lipinski definition) is 2. The molecule has 0 fully saturated rings. The molecule has 0 saturated heterocycles. The molecule has 0 atom stereocenters. The molecular weight excluding hydrogens is 368 g/mol. The number of ether oxygens (including phenoxy) is 1. The first-order valence-corrected chi connectivity index (χ1v) is 10.0. The average Bonchev–Trinajstić information content (AvgIpc) is 2.97. The smallest absolute Gasteiger partial charge is 0.410 e. The van der Waals surface area contributed by atoms with E-state index in [2.05, 4.69) is 31.2 Å². The number of carbonyl (C=O) groups is 1. The molecule has 1 aromatic carbocycles. The van der Waals surface area contributed by atoms with E-state index in [1.807, 2.05) is 45.9 Å². The highest BCUT2D eigenvalue weighted by Gasteiger charge is 2.19. The number of aromatic nitrogens is 2. The minimum absolute atomic E-state index is 0.329. The standard InChI is InChI=1S/C21H34N6O2/c1-16-25-17-10-7-8-11-18(17)27(16)14-9-12-23-19(22-5)24-13-15-26(6)20(28)29-21(2,3)4/h7-8,10-11H,9,12-15H2,1-6H3,(H2,22,23,24). The van der Waals surface area contributed by atoms with Crippen LogP contribution in [0.4, 0.5) is 4.79 Å². The van der Waals surface area contributed by atoms with E-state index >= 15 is 0 Å². The summed E-state index contributed by atoms with van der Waals surface area (Å²) in [4.78, 5) is 22.4. The fraction of sp³-hybridized carbons (Fsp3) is 0.571. The molecule has 0 saturated carbocycles. The number of rotatable bonds is 7. The minimum Gasteiger partial charge on any atom is -0.444 e. The number of guanidine groups is 1. The van der Waals surface area contributed by atoms with Crippen molar-refractivity contribution in [2.45, 2.75) is 46.3 Å². The van der Waals surface area contributed by atoms with E-state index < -0.39 is 5.60 Å². The molecule has 160 valence electrons. The molecular formula is C21H34N6O2. The molecule has 0 radical (unpaired) electrons. The zero-order chi connectivity index (χ0) is 21.4. The summed E-state index contributed by atoms with van der Waals surface area (Å²) < 4.78 is 7.58. The van der Waals surface area contributed by atoms with Gasteiger partial charge >= 0.3 is 6.09 Å². The number of amides is 1. The Balaban J connectivity index is 1.71. The number of aryl methyl sites for hydroxylation is 2. The van der Waals surface area contributed by atoms with Crippen LogP contribution in [0.25, 0.3) is 11.0 Å². The van der Waals surface area contributed by atoms with Crippen LogP contribution < -0.4 is 10.6 Å². The molecule has 0 spiro atoms. The van der Waals surface area contributed by atoms with Crippen molar-refractivity contribution >= 4 is 23.1 Å². The number of nitrogens with one attached hydrogen (secondary N) is 2. The van der Waals surface area contributed by atoms with Crippen molar-refractivity contribution in [2.24, 2.45) is 4.99 Å². The molecule has 2 N–H and O–H groups in total. The van der Waals surface area contributed by atoms with E-state index in [0.29, 0.717) is 13.1 Å². The first-order valence-electron chi connectivity index (χ1n) is 10.0. The third kappa shape index (κ3) is 6.96. The van der Waals surface area contributed by atoms with Gasteiger partial charge in [-0.15, -0.1) is 0 Å². The topological polar surface area (TPSA) is 83.8 Å². The third-order valence-corrected chi connectivity index (χ3v) is 4.36. The molecule has 0 aliphatic carbocycles. The normalized spacial score (nSPS) is 12.1. The van der Waals surface area contributed by atoms with Crippen molar-refractivity contribution in [3.8, 4) is 0 Å². The molecule has 1 heterocycles. The summed E-state index contributed by atoms with van der Waals surface area (Å²) in [6, 6.07) is 8.19. The summed E-state index contributed by atoms with van der Waals surface area (Å²) in [6.07, 6.45) is 0.616. The number of benzene rings is 1. The summed E-state index contributed by atoms with van der Waals surface area (Å²) in [5, 5.41) is 6.53. The van der Waals surface area contributed by atoms with Gasteiger partial charge in [0, 0.05) is 40.3 Å². The van der Waals surface area contributed by atoms with E-state index in [-0.39, 0.29) is 6.09 Å². The van der Waals surface area contributed by atoms with Crippen LogP contribution in [-0.2, 0) is 11.3 Å². The summed E-state index contributed by atoms with van der Waals surface area (Å²) in [5.41, 5.74) is 1.71. The number of carbonyl (C=O) groups excluding carboxylic acids is 1. The van der Waals surface area contributed by atoms with E-state index in [1.165, 1.54) is 0 Å². The first kappa shape index (κ1) is 22.5. The van der Waals surface area contributed by atoms with E-state index in [0.717, 1.165) is 42.3 Å². The second kappa shape index (κ2) is 10.1. The van der Waals surface area contributed by atoms with Crippen LogP contribution in [0.1, 0.15) is 33.0 Å². The largest absolute Gasteiger partial charge is 0.444 e. The quantitative estimate of drug-likeness (QED) is 0.423. The Morgan fingerprint density at radius 3 is 2.62 bits per heavy atom. The molecule has 1 amide bonds. The van der Waals surface area contributed by atoms with Crippen LogP contribution in [0.3, 0.4) is 0 Å². The molecule has 0 aliphatic rings. The van der Waals surface area contributed by atoms with E-state index in [9.17, 15) is 4.79 Å². The molecule has 8 nitrogen and oxygen atoms in total. The van der Waals surface area contributed by atoms with Gasteiger partial charge in [0.2, 0.25) is 0 Å². The minimum atomic E-state index is -0.491. The van der Waals surface area contributed by atoms with Crippen molar-refractivity contribution in [3.05, 3.63) is 30.1 Å².